The number of hydrogen-bond donors (Lipinski definition) is 1. The Morgan fingerprint density at radius 1 is 1.21 bits per heavy atom. The van der Waals surface area contributed by atoms with Crippen molar-refractivity contribution in [1.29, 1.82) is 0 Å². The summed E-state index contributed by atoms with van der Waals surface area (Å²) in [5, 5.41) is 3.85. The van der Waals surface area contributed by atoms with Gasteiger partial charge >= 0.3 is 0 Å². The van der Waals surface area contributed by atoms with Gasteiger partial charge in [0.1, 0.15) is 4.21 Å². The monoisotopic (exact) mass is 437 g/mol. The van der Waals surface area contributed by atoms with Crippen LogP contribution >= 0.6 is 22.7 Å². The number of aryl methyl sites for hydroxylation is 1. The number of sulfonamides is 1. The van der Waals surface area contributed by atoms with Crippen LogP contribution in [0, 0.1) is 6.92 Å². The summed E-state index contributed by atoms with van der Waals surface area (Å²) < 4.78 is 33.3. The van der Waals surface area contributed by atoms with E-state index in [0.717, 1.165) is 26.6 Å². The van der Waals surface area contributed by atoms with Crippen LogP contribution < -0.4 is 5.32 Å². The van der Waals surface area contributed by atoms with E-state index in [2.05, 4.69) is 10.3 Å². The maximum atomic E-state index is 12.7. The fourth-order valence-corrected chi connectivity index (χ4v) is 6.77. The predicted molar refractivity (Wildman–Crippen MR) is 111 cm³/mol. The van der Waals surface area contributed by atoms with Crippen molar-refractivity contribution in [2.45, 2.75) is 17.6 Å². The molecule has 0 saturated carbocycles. The number of ether oxygens (including phenoxy) is 1. The Labute approximate surface area is 171 Å². The summed E-state index contributed by atoms with van der Waals surface area (Å²) in [6, 6.07) is 8.88. The van der Waals surface area contributed by atoms with Crippen molar-refractivity contribution < 1.29 is 17.9 Å². The molecule has 3 heterocycles. The Balaban J connectivity index is 1.43. The molecule has 0 spiro atoms. The zero-order chi connectivity index (χ0) is 19.7. The Morgan fingerprint density at radius 3 is 2.79 bits per heavy atom. The first-order chi connectivity index (χ1) is 13.4. The Bertz CT molecular complexity index is 1110. The van der Waals surface area contributed by atoms with Crippen molar-refractivity contribution in [2.75, 3.05) is 31.6 Å². The third-order valence-electron chi connectivity index (χ3n) is 4.32. The number of fused-ring (bicyclic) bond motifs is 1. The molecule has 0 unspecified atom stereocenters. The molecular formula is C18H19N3O4S3. The van der Waals surface area contributed by atoms with Gasteiger partial charge in [0.2, 0.25) is 5.91 Å². The first kappa shape index (κ1) is 19.5. The number of benzene rings is 1. The summed E-state index contributed by atoms with van der Waals surface area (Å²) in [6.07, 6.45) is 0.128. The third kappa shape index (κ3) is 4.11. The van der Waals surface area contributed by atoms with E-state index in [0.29, 0.717) is 36.9 Å². The lowest BCUT2D eigenvalue weighted by molar-refractivity contribution is -0.115. The molecule has 148 valence electrons. The minimum atomic E-state index is -3.52. The molecular weight excluding hydrogens is 418 g/mol. The van der Waals surface area contributed by atoms with Crippen LogP contribution in [0.1, 0.15) is 9.88 Å². The first-order valence-electron chi connectivity index (χ1n) is 8.75. The Hall–Kier alpha value is -1.85. The number of nitrogens with one attached hydrogen (secondary N) is 1. The van der Waals surface area contributed by atoms with Gasteiger partial charge in [-0.3, -0.25) is 4.79 Å². The van der Waals surface area contributed by atoms with Gasteiger partial charge in [0.05, 0.1) is 34.9 Å². The molecule has 1 fully saturated rings. The SMILES string of the molecule is Cc1nc2ccc(NC(=O)Cc3ccc(S(=O)(=O)N4CCOCC4)s3)cc2s1. The maximum Gasteiger partial charge on any atom is 0.252 e. The zero-order valence-corrected chi connectivity index (χ0v) is 17.6. The number of aromatic nitrogens is 1. The quantitative estimate of drug-likeness (QED) is 0.663. The molecule has 0 bridgehead atoms. The van der Waals surface area contributed by atoms with Crippen molar-refractivity contribution >= 4 is 54.5 Å². The zero-order valence-electron chi connectivity index (χ0n) is 15.2. The van der Waals surface area contributed by atoms with E-state index in [1.54, 1.807) is 23.5 Å². The number of carbonyl (C=O) groups is 1. The van der Waals surface area contributed by atoms with Crippen molar-refractivity contribution in [3.05, 3.63) is 40.2 Å². The molecule has 1 aliphatic heterocycles. The fraction of sp³-hybridized carbons (Fsp3) is 0.333. The molecule has 1 aromatic carbocycles. The number of carbonyl (C=O) groups excluding carboxylic acids is 1. The molecule has 0 radical (unpaired) electrons. The molecule has 1 amide bonds. The Morgan fingerprint density at radius 2 is 2.00 bits per heavy atom. The normalized spacial score (nSPS) is 15.8. The standard InChI is InChI=1S/C18H19N3O4S3/c1-12-19-15-4-2-13(10-16(15)26-12)20-17(22)11-14-3-5-18(27-14)28(23,24)21-6-8-25-9-7-21/h2-5,10H,6-9,11H2,1H3,(H,20,22). The highest BCUT2D eigenvalue weighted by atomic mass is 32.2. The first-order valence-corrected chi connectivity index (χ1v) is 11.8. The highest BCUT2D eigenvalue weighted by molar-refractivity contribution is 7.91. The molecule has 4 rings (SSSR count). The molecule has 1 saturated heterocycles. The number of thiophene rings is 1. The summed E-state index contributed by atoms with van der Waals surface area (Å²) >= 11 is 2.72. The summed E-state index contributed by atoms with van der Waals surface area (Å²) in [5.74, 6) is -0.183. The number of rotatable bonds is 5. The van der Waals surface area contributed by atoms with E-state index in [1.165, 1.54) is 4.31 Å². The van der Waals surface area contributed by atoms with Gasteiger partial charge in [0.15, 0.2) is 0 Å². The van der Waals surface area contributed by atoms with Gasteiger partial charge in [0.25, 0.3) is 10.0 Å². The van der Waals surface area contributed by atoms with E-state index in [-0.39, 0.29) is 16.5 Å². The summed E-state index contributed by atoms with van der Waals surface area (Å²) in [7, 11) is -3.52. The van der Waals surface area contributed by atoms with Crippen LogP contribution in [0.2, 0.25) is 0 Å². The van der Waals surface area contributed by atoms with Crippen LogP contribution in [0.5, 0.6) is 0 Å². The van der Waals surface area contributed by atoms with E-state index in [9.17, 15) is 13.2 Å². The molecule has 28 heavy (non-hydrogen) atoms. The number of amides is 1. The lowest BCUT2D eigenvalue weighted by Crippen LogP contribution is -2.40. The van der Waals surface area contributed by atoms with Gasteiger partial charge in [0, 0.05) is 23.7 Å². The largest absolute Gasteiger partial charge is 0.379 e. The molecule has 1 N–H and O–H groups in total. The lowest BCUT2D eigenvalue weighted by atomic mass is 10.2. The third-order valence-corrected chi connectivity index (χ3v) is 8.70. The fourth-order valence-electron chi connectivity index (χ4n) is 2.99. The van der Waals surface area contributed by atoms with E-state index in [4.69, 9.17) is 4.74 Å². The Kier molecular flexibility index (Phi) is 5.48. The minimum absolute atomic E-state index is 0.128. The molecule has 3 aromatic rings. The predicted octanol–water partition coefficient (Wildman–Crippen LogP) is 2.87. The second-order valence-corrected chi connectivity index (χ2v) is 10.9. The average Bonchev–Trinajstić information content (AvgIpc) is 3.28. The maximum absolute atomic E-state index is 12.7. The molecule has 1 aliphatic rings. The van der Waals surface area contributed by atoms with Crippen LogP contribution in [-0.4, -0.2) is 49.9 Å². The van der Waals surface area contributed by atoms with E-state index < -0.39 is 10.0 Å². The summed E-state index contributed by atoms with van der Waals surface area (Å²) in [4.78, 5) is 17.5. The number of anilines is 1. The number of thiazole rings is 1. The van der Waals surface area contributed by atoms with Gasteiger partial charge in [-0.15, -0.1) is 22.7 Å². The topological polar surface area (TPSA) is 88.6 Å². The van der Waals surface area contributed by atoms with Gasteiger partial charge in [-0.1, -0.05) is 0 Å². The van der Waals surface area contributed by atoms with Crippen LogP contribution in [0.15, 0.2) is 34.5 Å². The van der Waals surface area contributed by atoms with Crippen LogP contribution in [-0.2, 0) is 26.0 Å². The molecule has 2 aromatic heterocycles. The molecule has 7 nitrogen and oxygen atoms in total. The van der Waals surface area contributed by atoms with Crippen molar-refractivity contribution in [2.24, 2.45) is 0 Å². The smallest absolute Gasteiger partial charge is 0.252 e. The highest BCUT2D eigenvalue weighted by Gasteiger charge is 2.27. The van der Waals surface area contributed by atoms with Gasteiger partial charge < -0.3 is 10.1 Å². The highest BCUT2D eigenvalue weighted by Crippen LogP contribution is 2.27. The summed E-state index contributed by atoms with van der Waals surface area (Å²) in [6.45, 7) is 3.47. The van der Waals surface area contributed by atoms with Crippen molar-refractivity contribution in [3.63, 3.8) is 0 Å². The second-order valence-electron chi connectivity index (χ2n) is 6.38. The van der Waals surface area contributed by atoms with E-state index in [1.807, 2.05) is 25.1 Å². The minimum Gasteiger partial charge on any atom is -0.379 e. The van der Waals surface area contributed by atoms with Crippen LogP contribution in [0.3, 0.4) is 0 Å². The average molecular weight is 438 g/mol. The van der Waals surface area contributed by atoms with Gasteiger partial charge in [-0.05, 0) is 37.3 Å². The van der Waals surface area contributed by atoms with Crippen molar-refractivity contribution in [3.8, 4) is 0 Å². The molecule has 0 aliphatic carbocycles. The number of hydrogen-bond acceptors (Lipinski definition) is 7. The molecule has 0 atom stereocenters. The second kappa shape index (κ2) is 7.88. The van der Waals surface area contributed by atoms with E-state index >= 15 is 0 Å². The van der Waals surface area contributed by atoms with Crippen LogP contribution in [0.4, 0.5) is 5.69 Å². The van der Waals surface area contributed by atoms with Gasteiger partial charge in [-0.2, -0.15) is 4.31 Å². The van der Waals surface area contributed by atoms with Crippen molar-refractivity contribution in [1.82, 2.24) is 9.29 Å². The summed E-state index contributed by atoms with van der Waals surface area (Å²) in [5.41, 5.74) is 1.62. The van der Waals surface area contributed by atoms with Crippen LogP contribution in [0.25, 0.3) is 10.2 Å². The lowest BCUT2D eigenvalue weighted by Gasteiger charge is -2.25. The number of nitrogens with zero attached hydrogens (tertiary/aromatic N) is 2. The van der Waals surface area contributed by atoms with Gasteiger partial charge in [-0.25, -0.2) is 13.4 Å². The number of morpholine rings is 1. The molecule has 10 heteroatoms.